The molecule has 1 fully saturated rings. The predicted molar refractivity (Wildman–Crippen MR) is 443 cm³/mol. The van der Waals surface area contributed by atoms with Crippen LogP contribution in [0.2, 0.25) is 0 Å². The average Bonchev–Trinajstić information content (AvgIpc) is 1.77. The summed E-state index contributed by atoms with van der Waals surface area (Å²) in [5.74, 6) is -16.2. The lowest BCUT2D eigenvalue weighted by molar-refractivity contribution is -0.141. The summed E-state index contributed by atoms with van der Waals surface area (Å²) in [5.41, 5.74) is 26.8. The smallest absolute Gasteiger partial charge is 0.305 e. The first-order valence-electron chi connectivity index (χ1n) is 39.0. The van der Waals surface area contributed by atoms with Crippen molar-refractivity contribution in [2.24, 2.45) is 34.8 Å². The molecule has 117 heavy (non-hydrogen) atoms. The largest absolute Gasteiger partial charge is 0.481 e. The number of aliphatic hydroxyl groups excluding tert-OH is 1. The summed E-state index contributed by atoms with van der Waals surface area (Å²) in [6.45, 7) is 6.63. The summed E-state index contributed by atoms with van der Waals surface area (Å²) in [4.78, 5) is 207. The Morgan fingerprint density at radius 2 is 1.00 bits per heavy atom. The number of para-hydroxylation sites is 2. The number of unbranched alkanes of at least 4 members (excludes halogenated alkanes) is 2. The van der Waals surface area contributed by atoms with Gasteiger partial charge in [0.25, 0.3) is 0 Å². The Labute approximate surface area is 684 Å². The van der Waals surface area contributed by atoms with Gasteiger partial charge < -0.3 is 112 Å². The third kappa shape index (κ3) is 28.5. The minimum atomic E-state index is -1.99. The van der Waals surface area contributed by atoms with Gasteiger partial charge in [0.15, 0.2) is 5.96 Å². The SMILES string of the molecule is CCCC[C@@H]1NC(=O)[C@H](Cc2c[nH]c3ccccc23)NC(=O)[C@H](CC(=O)O)NC(=O)[C@@H](CCCNC(=N)N)NC(=O)CNC(=O)[C@@H](CO)NC(=O)[C@@H]([C@@H](C)CC)NC(=O)[C@H](Cc2ccc3ccccc3c2)NC(=O)[C@@H](N)CSSC[C@@H](C(N)=O)NC(=O)[C@H](C(C)C)NC(=O)[C@H](Cc2c[nH]c3ccccc23)NC(=O)[C@H](CCCCN)NC1=O. The molecule has 3 heterocycles. The normalized spacial score (nSPS) is 23.5. The number of rotatable bonds is 24. The van der Waals surface area contributed by atoms with E-state index in [4.69, 9.17) is 28.3 Å². The van der Waals surface area contributed by atoms with Gasteiger partial charge in [-0.25, -0.2) is 0 Å². The number of guanidine groups is 1. The van der Waals surface area contributed by atoms with Crippen molar-refractivity contribution in [2.75, 3.05) is 37.7 Å². The molecule has 26 N–H and O–H groups in total. The number of fused-ring (bicyclic) bond motifs is 3. The van der Waals surface area contributed by atoms with Gasteiger partial charge >= 0.3 is 5.97 Å². The van der Waals surface area contributed by atoms with Crippen LogP contribution in [0.15, 0.2) is 103 Å². The maximum atomic E-state index is 15.1. The van der Waals surface area contributed by atoms with Crippen LogP contribution in [0, 0.1) is 17.2 Å². The van der Waals surface area contributed by atoms with Gasteiger partial charge in [0.05, 0.1) is 25.6 Å². The highest BCUT2D eigenvalue weighted by molar-refractivity contribution is 8.76. The Morgan fingerprint density at radius 1 is 0.521 bits per heavy atom. The van der Waals surface area contributed by atoms with Crippen molar-refractivity contribution in [3.05, 3.63) is 120 Å². The molecule has 38 heteroatoms. The van der Waals surface area contributed by atoms with Crippen molar-refractivity contribution >= 4 is 143 Å². The molecule has 0 radical (unpaired) electrons. The third-order valence-corrected chi connectivity index (χ3v) is 22.3. The number of hydrogen-bond acceptors (Lipinski definition) is 20. The number of primary amides is 1. The second kappa shape index (κ2) is 46.4. The van der Waals surface area contributed by atoms with Gasteiger partial charge in [0.2, 0.25) is 76.8 Å². The van der Waals surface area contributed by atoms with E-state index in [-0.39, 0.29) is 82.4 Å². The maximum absolute atomic E-state index is 15.1. The Bertz CT molecular complexity index is 4490. The van der Waals surface area contributed by atoms with E-state index >= 15 is 14.4 Å². The fraction of sp³-hybridized carbons (Fsp3) is 0.481. The number of aromatic nitrogens is 2. The molecule has 13 amide bonds. The van der Waals surface area contributed by atoms with Crippen molar-refractivity contribution in [1.29, 1.82) is 5.41 Å². The number of carboxylic acids is 1. The molecule has 1 saturated heterocycles. The number of aliphatic hydroxyl groups is 1. The second-order valence-electron chi connectivity index (χ2n) is 29.2. The fourth-order valence-corrected chi connectivity index (χ4v) is 15.3. The van der Waals surface area contributed by atoms with Gasteiger partial charge in [0, 0.05) is 71.5 Å². The molecule has 6 aromatic rings. The first-order chi connectivity index (χ1) is 55.9. The quantitative estimate of drug-likeness (QED) is 0.0153. The summed E-state index contributed by atoms with van der Waals surface area (Å²) >= 11 is 0. The minimum Gasteiger partial charge on any atom is -0.481 e. The van der Waals surface area contributed by atoms with Crippen LogP contribution in [0.25, 0.3) is 32.6 Å². The molecule has 36 nitrogen and oxygen atoms in total. The van der Waals surface area contributed by atoms with Crippen LogP contribution in [0.3, 0.4) is 0 Å². The van der Waals surface area contributed by atoms with Gasteiger partial charge in [-0.05, 0) is 96.5 Å². The van der Waals surface area contributed by atoms with E-state index in [1.807, 2.05) is 43.3 Å². The number of benzene rings is 4. The van der Waals surface area contributed by atoms with Crippen LogP contribution in [0.5, 0.6) is 0 Å². The minimum absolute atomic E-state index is 0.00144. The molecule has 13 atom stereocenters. The molecule has 4 aromatic carbocycles. The summed E-state index contributed by atoms with van der Waals surface area (Å²) in [5, 5.41) is 65.4. The first kappa shape index (κ1) is 92.8. The number of H-pyrrole nitrogens is 2. The Hall–Kier alpha value is -11.4. The summed E-state index contributed by atoms with van der Waals surface area (Å²) < 4.78 is 0. The molecule has 0 unspecified atom stereocenters. The molecule has 0 saturated carbocycles. The van der Waals surface area contributed by atoms with E-state index in [0.717, 1.165) is 32.4 Å². The predicted octanol–water partition coefficient (Wildman–Crippen LogP) is -0.762. The zero-order valence-electron chi connectivity index (χ0n) is 66.1. The van der Waals surface area contributed by atoms with Crippen molar-refractivity contribution in [3.8, 4) is 0 Å². The van der Waals surface area contributed by atoms with Gasteiger partial charge in [-0.1, -0.05) is 154 Å². The number of aromatic amines is 2. The summed E-state index contributed by atoms with van der Waals surface area (Å²) in [6.07, 6.45) is 2.90. The first-order valence-corrected chi connectivity index (χ1v) is 41.5. The zero-order valence-corrected chi connectivity index (χ0v) is 67.7. The molecule has 7 rings (SSSR count). The fourth-order valence-electron chi connectivity index (χ4n) is 13.0. The third-order valence-electron chi connectivity index (χ3n) is 19.9. The van der Waals surface area contributed by atoms with E-state index < -0.39 is 193 Å². The number of amides is 13. The zero-order chi connectivity index (χ0) is 85.4. The Kier molecular flexibility index (Phi) is 36.8. The number of nitrogens with one attached hydrogen (secondary N) is 16. The van der Waals surface area contributed by atoms with Gasteiger partial charge in [-0.2, -0.15) is 0 Å². The molecule has 634 valence electrons. The van der Waals surface area contributed by atoms with Crippen molar-refractivity contribution < 1.29 is 77.3 Å². The van der Waals surface area contributed by atoms with Crippen molar-refractivity contribution in [3.63, 3.8) is 0 Å². The van der Waals surface area contributed by atoms with E-state index in [1.54, 1.807) is 94.7 Å². The number of aliphatic carboxylic acids is 1. The standard InChI is InChI=1S/C79H110N20O16S2/c1-6-8-22-55-71(108)90-56(25-15-16-29-80)72(109)93-59(34-48-37-87-53-24-14-12-21-50(48)53)76(113)98-65(42(3)4)77(114)97-62(67(82)104)41-117-116-40-51(81)68(105)92-57(32-44-27-28-45-18-9-10-19-46(45)31-44)75(112)99-66(43(5)7-2)78(115)96-61(39-100)69(106)88-38-63(101)89-54(26-17-30-85-79(83)84)70(107)95-60(35-64(102)103)74(111)94-58(73(110)91-55)33-47-36-86-52-23-13-11-20-49(47)52/h9-14,18-21,23-24,27-28,31,36-37,42-43,51,54-62,65-66,86-87,100H,6-8,15-17,22,25-26,29-30,32-35,38-41,80-81H2,1-5H3,(H2,82,104)(H,88,106)(H,89,101)(H,90,108)(H,91,110)(H,92,105)(H,93,109)(H,94,111)(H,95,107)(H,96,115)(H,97,114)(H,98,113)(H,99,112)(H,102,103)(H4,83,84,85)/t43-,51-,54+,55-,56-,57-,58-,59-,60-,61+,62-,65-,66+/m0/s1. The molecule has 2 aromatic heterocycles. The number of carboxylic acid groups (broad SMARTS) is 1. The van der Waals surface area contributed by atoms with Gasteiger partial charge in [0.1, 0.15) is 66.5 Å². The van der Waals surface area contributed by atoms with Gasteiger partial charge in [-0.3, -0.25) is 72.5 Å². The molecular weight excluding hydrogens is 1550 g/mol. The van der Waals surface area contributed by atoms with E-state index in [1.165, 1.54) is 0 Å². The van der Waals surface area contributed by atoms with Gasteiger partial charge in [-0.15, -0.1) is 0 Å². The highest BCUT2D eigenvalue weighted by Gasteiger charge is 2.39. The van der Waals surface area contributed by atoms with Crippen LogP contribution in [-0.2, 0) is 86.4 Å². The topological polar surface area (TPSA) is 595 Å². The van der Waals surface area contributed by atoms with Crippen molar-refractivity contribution in [1.82, 2.24) is 79.1 Å². The molecule has 0 aliphatic carbocycles. The molecular formula is C79H110N20O16S2. The monoisotopic (exact) mass is 1660 g/mol. The second-order valence-corrected chi connectivity index (χ2v) is 31.8. The maximum Gasteiger partial charge on any atom is 0.305 e. The van der Waals surface area contributed by atoms with E-state index in [9.17, 15) is 63.0 Å². The lowest BCUT2D eigenvalue weighted by atomic mass is 9.96. The summed E-state index contributed by atoms with van der Waals surface area (Å²) in [7, 11) is 2.05. The molecule has 1 aliphatic rings. The lowest BCUT2D eigenvalue weighted by Gasteiger charge is -2.29. The number of carbonyl (C=O) groups excluding carboxylic acids is 13. The summed E-state index contributed by atoms with van der Waals surface area (Å²) in [6, 6.07) is 8.67. The Balaban J connectivity index is 1.26. The van der Waals surface area contributed by atoms with E-state index in [2.05, 4.69) is 79.1 Å². The highest BCUT2D eigenvalue weighted by Crippen LogP contribution is 2.26. The molecule has 0 spiro atoms. The van der Waals surface area contributed by atoms with Crippen LogP contribution < -0.4 is 92.1 Å². The number of carbonyl (C=O) groups is 14. The molecule has 0 bridgehead atoms. The molecule has 1 aliphatic heterocycles. The Morgan fingerprint density at radius 3 is 1.56 bits per heavy atom. The number of nitrogens with two attached hydrogens (primary N) is 4. The lowest BCUT2D eigenvalue weighted by Crippen LogP contribution is -2.61. The number of hydrogen-bond donors (Lipinski definition) is 22. The van der Waals surface area contributed by atoms with Crippen LogP contribution in [-0.4, -0.2) is 219 Å². The van der Waals surface area contributed by atoms with Crippen LogP contribution >= 0.6 is 21.6 Å². The van der Waals surface area contributed by atoms with Crippen molar-refractivity contribution in [2.45, 2.75) is 191 Å². The highest BCUT2D eigenvalue weighted by atomic mass is 33.1. The van der Waals surface area contributed by atoms with Crippen LogP contribution in [0.1, 0.15) is 116 Å². The van der Waals surface area contributed by atoms with E-state index in [0.29, 0.717) is 57.8 Å². The average molecular weight is 1660 g/mol. The van der Waals surface area contributed by atoms with Crippen LogP contribution in [0.4, 0.5) is 0 Å².